The van der Waals surface area contributed by atoms with E-state index >= 15 is 0 Å². The second-order valence-electron chi connectivity index (χ2n) is 5.13. The van der Waals surface area contributed by atoms with Crippen molar-refractivity contribution in [2.75, 3.05) is 11.9 Å². The Morgan fingerprint density at radius 2 is 1.65 bits per heavy atom. The summed E-state index contributed by atoms with van der Waals surface area (Å²) in [6, 6.07) is 12.6. The molecular formula is C18H23NO. The Labute approximate surface area is 121 Å². The molecule has 106 valence electrons. The predicted octanol–water partition coefficient (Wildman–Crippen LogP) is 4.62. The van der Waals surface area contributed by atoms with Crippen LogP contribution in [0.3, 0.4) is 0 Å². The van der Waals surface area contributed by atoms with Gasteiger partial charge in [-0.15, -0.1) is 0 Å². The van der Waals surface area contributed by atoms with Crippen LogP contribution < -0.4 is 10.1 Å². The average Bonchev–Trinajstić information content (AvgIpc) is 2.40. The average molecular weight is 269 g/mol. The molecule has 0 aliphatic rings. The zero-order valence-electron chi connectivity index (χ0n) is 12.8. The summed E-state index contributed by atoms with van der Waals surface area (Å²) in [5.41, 5.74) is 6.42. The SMILES string of the molecule is CCOc1ccc(NCc2c(C)cccc2C)c(C)c1. The number of hydrogen-bond donors (Lipinski definition) is 1. The van der Waals surface area contributed by atoms with Gasteiger partial charge in [0.25, 0.3) is 0 Å². The van der Waals surface area contributed by atoms with E-state index < -0.39 is 0 Å². The first kappa shape index (κ1) is 14.4. The summed E-state index contributed by atoms with van der Waals surface area (Å²) in [5, 5.41) is 3.52. The molecule has 20 heavy (non-hydrogen) atoms. The molecule has 0 aliphatic heterocycles. The topological polar surface area (TPSA) is 21.3 Å². The molecule has 0 fully saturated rings. The maximum absolute atomic E-state index is 5.51. The summed E-state index contributed by atoms with van der Waals surface area (Å²) >= 11 is 0. The van der Waals surface area contributed by atoms with Gasteiger partial charge in [0, 0.05) is 12.2 Å². The highest BCUT2D eigenvalue weighted by Gasteiger charge is 2.04. The third-order valence-electron chi connectivity index (χ3n) is 3.61. The van der Waals surface area contributed by atoms with Crippen LogP contribution in [0.2, 0.25) is 0 Å². The first-order valence-corrected chi connectivity index (χ1v) is 7.14. The summed E-state index contributed by atoms with van der Waals surface area (Å²) in [7, 11) is 0. The fourth-order valence-corrected chi connectivity index (χ4v) is 2.40. The predicted molar refractivity (Wildman–Crippen MR) is 85.6 cm³/mol. The van der Waals surface area contributed by atoms with Gasteiger partial charge in [0.1, 0.15) is 5.75 Å². The van der Waals surface area contributed by atoms with Gasteiger partial charge in [-0.25, -0.2) is 0 Å². The van der Waals surface area contributed by atoms with E-state index in [1.165, 1.54) is 22.3 Å². The van der Waals surface area contributed by atoms with Crippen molar-refractivity contribution in [1.82, 2.24) is 0 Å². The van der Waals surface area contributed by atoms with Crippen LogP contribution in [-0.4, -0.2) is 6.61 Å². The Hall–Kier alpha value is -1.96. The van der Waals surface area contributed by atoms with Crippen molar-refractivity contribution in [2.24, 2.45) is 0 Å². The molecule has 0 saturated heterocycles. The molecular weight excluding hydrogens is 246 g/mol. The minimum absolute atomic E-state index is 0.703. The number of rotatable bonds is 5. The molecule has 2 aromatic carbocycles. The third-order valence-corrected chi connectivity index (χ3v) is 3.61. The summed E-state index contributed by atoms with van der Waals surface area (Å²) in [6.07, 6.45) is 0. The van der Waals surface area contributed by atoms with E-state index in [1.54, 1.807) is 0 Å². The molecule has 0 saturated carbocycles. The fraction of sp³-hybridized carbons (Fsp3) is 0.333. The van der Waals surface area contributed by atoms with E-state index in [4.69, 9.17) is 4.74 Å². The van der Waals surface area contributed by atoms with Gasteiger partial charge in [0.05, 0.1) is 6.61 Å². The Morgan fingerprint density at radius 1 is 0.950 bits per heavy atom. The molecule has 2 heteroatoms. The number of hydrogen-bond acceptors (Lipinski definition) is 2. The molecule has 2 nitrogen and oxygen atoms in total. The van der Waals surface area contributed by atoms with E-state index in [-0.39, 0.29) is 0 Å². The lowest BCUT2D eigenvalue weighted by Crippen LogP contribution is -2.04. The van der Waals surface area contributed by atoms with Crippen molar-refractivity contribution in [1.29, 1.82) is 0 Å². The van der Waals surface area contributed by atoms with Crippen LogP contribution >= 0.6 is 0 Å². The summed E-state index contributed by atoms with van der Waals surface area (Å²) < 4.78 is 5.51. The minimum Gasteiger partial charge on any atom is -0.494 e. The van der Waals surface area contributed by atoms with Crippen molar-refractivity contribution in [3.63, 3.8) is 0 Å². The standard InChI is InChI=1S/C18H23NO/c1-5-20-16-9-10-18(15(4)11-16)19-12-17-13(2)7-6-8-14(17)3/h6-11,19H,5,12H2,1-4H3. The second kappa shape index (κ2) is 6.47. The Morgan fingerprint density at radius 3 is 2.25 bits per heavy atom. The second-order valence-corrected chi connectivity index (χ2v) is 5.13. The largest absolute Gasteiger partial charge is 0.494 e. The monoisotopic (exact) mass is 269 g/mol. The van der Waals surface area contributed by atoms with Gasteiger partial charge in [-0.1, -0.05) is 18.2 Å². The Kier molecular flexibility index (Phi) is 4.67. The number of ether oxygens (including phenoxy) is 1. The zero-order chi connectivity index (χ0) is 14.5. The Bertz CT molecular complexity index is 570. The molecule has 0 aromatic heterocycles. The lowest BCUT2D eigenvalue weighted by molar-refractivity contribution is 0.340. The van der Waals surface area contributed by atoms with E-state index in [2.05, 4.69) is 56.4 Å². The van der Waals surface area contributed by atoms with E-state index in [1.807, 2.05) is 13.0 Å². The van der Waals surface area contributed by atoms with Crippen molar-refractivity contribution in [3.05, 3.63) is 58.7 Å². The fourth-order valence-electron chi connectivity index (χ4n) is 2.40. The molecule has 0 unspecified atom stereocenters. The van der Waals surface area contributed by atoms with E-state index in [0.717, 1.165) is 18.0 Å². The summed E-state index contributed by atoms with van der Waals surface area (Å²) in [5.74, 6) is 0.933. The van der Waals surface area contributed by atoms with Crippen molar-refractivity contribution < 1.29 is 4.74 Å². The van der Waals surface area contributed by atoms with Gasteiger partial charge < -0.3 is 10.1 Å². The van der Waals surface area contributed by atoms with Crippen molar-refractivity contribution in [2.45, 2.75) is 34.2 Å². The highest BCUT2D eigenvalue weighted by Crippen LogP contribution is 2.23. The molecule has 1 N–H and O–H groups in total. The first-order valence-electron chi connectivity index (χ1n) is 7.14. The van der Waals surface area contributed by atoms with E-state index in [9.17, 15) is 0 Å². The highest BCUT2D eigenvalue weighted by atomic mass is 16.5. The summed E-state index contributed by atoms with van der Waals surface area (Å²) in [4.78, 5) is 0. The van der Waals surface area contributed by atoms with E-state index in [0.29, 0.717) is 6.61 Å². The van der Waals surface area contributed by atoms with Gasteiger partial charge in [-0.2, -0.15) is 0 Å². The highest BCUT2D eigenvalue weighted by molar-refractivity contribution is 5.54. The van der Waals surface area contributed by atoms with Gasteiger partial charge in [0.2, 0.25) is 0 Å². The number of nitrogens with one attached hydrogen (secondary N) is 1. The van der Waals surface area contributed by atoms with Crippen LogP contribution in [0, 0.1) is 20.8 Å². The van der Waals surface area contributed by atoms with Gasteiger partial charge in [-0.05, 0) is 68.1 Å². The van der Waals surface area contributed by atoms with Crippen LogP contribution in [0.25, 0.3) is 0 Å². The lowest BCUT2D eigenvalue weighted by atomic mass is 10.0. The third kappa shape index (κ3) is 3.32. The van der Waals surface area contributed by atoms with Gasteiger partial charge >= 0.3 is 0 Å². The van der Waals surface area contributed by atoms with Gasteiger partial charge in [0.15, 0.2) is 0 Å². The van der Waals surface area contributed by atoms with Gasteiger partial charge in [-0.3, -0.25) is 0 Å². The van der Waals surface area contributed by atoms with Crippen LogP contribution in [0.5, 0.6) is 5.75 Å². The molecule has 0 aliphatic carbocycles. The van der Waals surface area contributed by atoms with Crippen LogP contribution in [0.1, 0.15) is 29.2 Å². The molecule has 0 bridgehead atoms. The number of anilines is 1. The zero-order valence-corrected chi connectivity index (χ0v) is 12.8. The van der Waals surface area contributed by atoms with Crippen LogP contribution in [0.15, 0.2) is 36.4 Å². The molecule has 0 spiro atoms. The summed E-state index contributed by atoms with van der Waals surface area (Å²) in [6.45, 7) is 9.99. The molecule has 0 atom stereocenters. The number of aryl methyl sites for hydroxylation is 3. The molecule has 0 radical (unpaired) electrons. The minimum atomic E-state index is 0.703. The quantitative estimate of drug-likeness (QED) is 0.855. The van der Waals surface area contributed by atoms with Crippen molar-refractivity contribution in [3.8, 4) is 5.75 Å². The molecule has 2 rings (SSSR count). The maximum Gasteiger partial charge on any atom is 0.119 e. The first-order chi connectivity index (χ1) is 9.61. The lowest BCUT2D eigenvalue weighted by Gasteiger charge is -2.14. The Balaban J connectivity index is 2.11. The van der Waals surface area contributed by atoms with Crippen molar-refractivity contribution >= 4 is 5.69 Å². The number of benzene rings is 2. The molecule has 2 aromatic rings. The molecule has 0 heterocycles. The molecule has 0 amide bonds. The van der Waals surface area contributed by atoms with Crippen LogP contribution in [-0.2, 0) is 6.54 Å². The normalized spacial score (nSPS) is 10.4. The van der Waals surface area contributed by atoms with Crippen LogP contribution in [0.4, 0.5) is 5.69 Å². The maximum atomic E-state index is 5.51. The smallest absolute Gasteiger partial charge is 0.119 e.